The van der Waals surface area contributed by atoms with Crippen LogP contribution in [-0.4, -0.2) is 31.6 Å². The van der Waals surface area contributed by atoms with E-state index in [-0.39, 0.29) is 6.04 Å². The maximum absolute atomic E-state index is 11.3. The number of hydrogen-bond donors (Lipinski definition) is 0. The number of piperidine rings is 1. The van der Waals surface area contributed by atoms with Crippen molar-refractivity contribution in [3.63, 3.8) is 0 Å². The van der Waals surface area contributed by atoms with E-state index in [0.29, 0.717) is 12.5 Å². The zero-order valence-corrected chi connectivity index (χ0v) is 8.76. The highest BCUT2D eigenvalue weighted by Crippen LogP contribution is 2.24. The van der Waals surface area contributed by atoms with Gasteiger partial charge >= 0.3 is 0 Å². The van der Waals surface area contributed by atoms with Crippen LogP contribution in [0, 0.1) is 5.92 Å². The molecule has 4 heteroatoms. The van der Waals surface area contributed by atoms with E-state index < -0.39 is 10.0 Å². The molecule has 3 nitrogen and oxygen atoms in total. The number of nitrogens with zero attached hydrogens (tertiary/aromatic N) is 1. The summed E-state index contributed by atoms with van der Waals surface area (Å²) < 4.78 is 24.1. The van der Waals surface area contributed by atoms with E-state index in [4.69, 9.17) is 0 Å². The average molecular weight is 191 g/mol. The van der Waals surface area contributed by atoms with Crippen LogP contribution < -0.4 is 0 Å². The molecule has 0 aliphatic carbocycles. The Morgan fingerprint density at radius 2 is 1.92 bits per heavy atom. The summed E-state index contributed by atoms with van der Waals surface area (Å²) in [5, 5.41) is 0. The Bertz CT molecular complexity index is 248. The van der Waals surface area contributed by atoms with E-state index in [2.05, 4.69) is 6.92 Å². The summed E-state index contributed by atoms with van der Waals surface area (Å²) in [6.45, 7) is 4.80. The van der Waals surface area contributed by atoms with Crippen LogP contribution in [0.5, 0.6) is 0 Å². The fourth-order valence-electron chi connectivity index (χ4n) is 1.77. The van der Waals surface area contributed by atoms with Crippen molar-refractivity contribution in [1.82, 2.24) is 4.31 Å². The molecule has 1 aliphatic heterocycles. The van der Waals surface area contributed by atoms with Crippen molar-refractivity contribution in [3.05, 3.63) is 0 Å². The van der Waals surface area contributed by atoms with Gasteiger partial charge in [-0.1, -0.05) is 6.92 Å². The lowest BCUT2D eigenvalue weighted by Crippen LogP contribution is -2.45. The number of rotatable bonds is 1. The molecule has 1 rings (SSSR count). The Hall–Kier alpha value is -0.0900. The Kier molecular flexibility index (Phi) is 2.78. The second kappa shape index (κ2) is 3.34. The Morgan fingerprint density at radius 3 is 2.33 bits per heavy atom. The van der Waals surface area contributed by atoms with Gasteiger partial charge in [-0.3, -0.25) is 0 Å². The third-order valence-electron chi connectivity index (χ3n) is 2.74. The highest BCUT2D eigenvalue weighted by atomic mass is 32.2. The Balaban J connectivity index is 2.78. The van der Waals surface area contributed by atoms with E-state index in [0.717, 1.165) is 12.8 Å². The van der Waals surface area contributed by atoms with Crippen molar-refractivity contribution in [1.29, 1.82) is 0 Å². The molecule has 12 heavy (non-hydrogen) atoms. The van der Waals surface area contributed by atoms with Crippen molar-refractivity contribution in [2.45, 2.75) is 32.7 Å². The smallest absolute Gasteiger partial charge is 0.211 e. The van der Waals surface area contributed by atoms with E-state index in [9.17, 15) is 8.42 Å². The zero-order chi connectivity index (χ0) is 9.35. The Labute approximate surface area is 74.8 Å². The quantitative estimate of drug-likeness (QED) is 0.621. The third-order valence-corrected chi connectivity index (χ3v) is 4.11. The first-order chi connectivity index (χ1) is 5.43. The largest absolute Gasteiger partial charge is 0.212 e. The molecule has 0 bridgehead atoms. The van der Waals surface area contributed by atoms with E-state index in [1.807, 2.05) is 6.92 Å². The lowest BCUT2D eigenvalue weighted by atomic mass is 9.94. The van der Waals surface area contributed by atoms with Gasteiger partial charge in [0, 0.05) is 12.6 Å². The van der Waals surface area contributed by atoms with Gasteiger partial charge < -0.3 is 0 Å². The molecule has 2 unspecified atom stereocenters. The lowest BCUT2D eigenvalue weighted by Gasteiger charge is -2.35. The summed E-state index contributed by atoms with van der Waals surface area (Å²) in [5.74, 6) is 0.494. The van der Waals surface area contributed by atoms with Crippen LogP contribution in [0.15, 0.2) is 0 Å². The van der Waals surface area contributed by atoms with Crippen molar-refractivity contribution < 1.29 is 8.42 Å². The van der Waals surface area contributed by atoms with Gasteiger partial charge in [0.05, 0.1) is 6.26 Å². The van der Waals surface area contributed by atoms with Crippen LogP contribution >= 0.6 is 0 Å². The van der Waals surface area contributed by atoms with Crippen molar-refractivity contribution >= 4 is 10.0 Å². The summed E-state index contributed by atoms with van der Waals surface area (Å²) in [6, 6.07) is 0.175. The third kappa shape index (κ3) is 1.98. The first kappa shape index (κ1) is 9.99. The summed E-state index contributed by atoms with van der Waals surface area (Å²) in [6.07, 6.45) is 3.44. The van der Waals surface area contributed by atoms with E-state index in [1.165, 1.54) is 6.26 Å². The minimum absolute atomic E-state index is 0.175. The first-order valence-corrected chi connectivity index (χ1v) is 6.24. The maximum atomic E-state index is 11.3. The molecular weight excluding hydrogens is 174 g/mol. The molecule has 72 valence electrons. The SMILES string of the molecule is CC1CCCN(S(C)(=O)=O)C1C. The van der Waals surface area contributed by atoms with Gasteiger partial charge in [-0.05, 0) is 25.7 Å². The predicted octanol–water partition coefficient (Wildman–Crippen LogP) is 1.07. The molecule has 0 amide bonds. The molecule has 1 saturated heterocycles. The van der Waals surface area contributed by atoms with Crippen LogP contribution in [0.3, 0.4) is 0 Å². The van der Waals surface area contributed by atoms with Crippen LogP contribution in [0.1, 0.15) is 26.7 Å². The molecule has 1 heterocycles. The van der Waals surface area contributed by atoms with Crippen LogP contribution in [0.4, 0.5) is 0 Å². The molecule has 0 aromatic rings. The minimum Gasteiger partial charge on any atom is -0.212 e. The molecule has 0 spiro atoms. The molecule has 2 atom stereocenters. The maximum Gasteiger partial charge on any atom is 0.211 e. The van der Waals surface area contributed by atoms with Gasteiger partial charge in [-0.25, -0.2) is 8.42 Å². The lowest BCUT2D eigenvalue weighted by molar-refractivity contribution is 0.203. The molecule has 1 aliphatic rings. The fraction of sp³-hybridized carbons (Fsp3) is 1.00. The van der Waals surface area contributed by atoms with Gasteiger partial charge in [0.1, 0.15) is 0 Å². The van der Waals surface area contributed by atoms with Gasteiger partial charge in [-0.2, -0.15) is 4.31 Å². The predicted molar refractivity (Wildman–Crippen MR) is 49.4 cm³/mol. The van der Waals surface area contributed by atoms with Crippen LogP contribution in [0.2, 0.25) is 0 Å². The average Bonchev–Trinajstić information content (AvgIpc) is 1.92. The van der Waals surface area contributed by atoms with E-state index >= 15 is 0 Å². The van der Waals surface area contributed by atoms with Crippen LogP contribution in [-0.2, 0) is 10.0 Å². The standard InChI is InChI=1S/C8H17NO2S/c1-7-5-4-6-9(8(7)2)12(3,10)11/h7-8H,4-6H2,1-3H3. The summed E-state index contributed by atoms with van der Waals surface area (Å²) >= 11 is 0. The second-order valence-corrected chi connectivity index (χ2v) is 5.67. The van der Waals surface area contributed by atoms with Crippen molar-refractivity contribution in [3.8, 4) is 0 Å². The van der Waals surface area contributed by atoms with Gasteiger partial charge in [-0.15, -0.1) is 0 Å². The topological polar surface area (TPSA) is 37.4 Å². The number of hydrogen-bond acceptors (Lipinski definition) is 2. The minimum atomic E-state index is -2.97. The first-order valence-electron chi connectivity index (χ1n) is 4.39. The van der Waals surface area contributed by atoms with E-state index in [1.54, 1.807) is 4.31 Å². The molecule has 0 N–H and O–H groups in total. The number of sulfonamides is 1. The molecule has 0 aromatic heterocycles. The highest BCUT2D eigenvalue weighted by molar-refractivity contribution is 7.88. The molecule has 0 radical (unpaired) electrons. The van der Waals surface area contributed by atoms with Crippen molar-refractivity contribution in [2.24, 2.45) is 5.92 Å². The Morgan fingerprint density at radius 1 is 1.33 bits per heavy atom. The summed E-state index contributed by atoms with van der Waals surface area (Å²) in [5.41, 5.74) is 0. The summed E-state index contributed by atoms with van der Waals surface area (Å²) in [7, 11) is -2.97. The molecule has 0 aromatic carbocycles. The molecular formula is C8H17NO2S. The monoisotopic (exact) mass is 191 g/mol. The van der Waals surface area contributed by atoms with Crippen LogP contribution in [0.25, 0.3) is 0 Å². The normalized spacial score (nSPS) is 33.6. The zero-order valence-electron chi connectivity index (χ0n) is 7.95. The van der Waals surface area contributed by atoms with Gasteiger partial charge in [0.2, 0.25) is 10.0 Å². The highest BCUT2D eigenvalue weighted by Gasteiger charge is 2.30. The summed E-state index contributed by atoms with van der Waals surface area (Å²) in [4.78, 5) is 0. The molecule has 1 fully saturated rings. The fourth-order valence-corrected chi connectivity index (χ4v) is 3.04. The molecule has 0 saturated carbocycles. The van der Waals surface area contributed by atoms with Gasteiger partial charge in [0.25, 0.3) is 0 Å². The van der Waals surface area contributed by atoms with Crippen molar-refractivity contribution in [2.75, 3.05) is 12.8 Å². The second-order valence-electron chi connectivity index (χ2n) is 3.73. The van der Waals surface area contributed by atoms with Gasteiger partial charge in [0.15, 0.2) is 0 Å².